The number of amides is 1. The van der Waals surface area contributed by atoms with Crippen LogP contribution in [0.2, 0.25) is 0 Å². The molecule has 76 valence electrons. The highest BCUT2D eigenvalue weighted by molar-refractivity contribution is 5.83. The van der Waals surface area contributed by atoms with Crippen molar-refractivity contribution >= 4 is 5.91 Å². The predicted octanol–water partition coefficient (Wildman–Crippen LogP) is 0.901. The second-order valence-corrected chi connectivity index (χ2v) is 4.27. The molecule has 0 bridgehead atoms. The van der Waals surface area contributed by atoms with E-state index in [1.165, 1.54) is 0 Å². The third-order valence-electron chi connectivity index (χ3n) is 2.91. The number of hydrogen-bond donors (Lipinski definition) is 2. The molecule has 0 aliphatic carbocycles. The Kier molecular flexibility index (Phi) is 3.31. The lowest BCUT2D eigenvalue weighted by Gasteiger charge is -2.23. The number of hydrogen-bond acceptors (Lipinski definition) is 2. The fourth-order valence-electron chi connectivity index (χ4n) is 1.51. The van der Waals surface area contributed by atoms with Crippen LogP contribution in [0.1, 0.15) is 33.6 Å². The summed E-state index contributed by atoms with van der Waals surface area (Å²) in [5.41, 5.74) is -0.177. The summed E-state index contributed by atoms with van der Waals surface area (Å²) in [6.45, 7) is 7.94. The van der Waals surface area contributed by atoms with Gasteiger partial charge in [0.2, 0.25) is 5.91 Å². The molecule has 0 spiro atoms. The second kappa shape index (κ2) is 4.09. The average molecular weight is 184 g/mol. The molecule has 3 nitrogen and oxygen atoms in total. The molecule has 2 N–H and O–H groups in total. The Balaban J connectivity index is 2.46. The molecule has 1 aliphatic heterocycles. The molecule has 0 radical (unpaired) electrons. The van der Waals surface area contributed by atoms with Crippen LogP contribution in [0.5, 0.6) is 0 Å². The van der Waals surface area contributed by atoms with Crippen LogP contribution in [-0.4, -0.2) is 25.0 Å². The molecule has 0 saturated carbocycles. The van der Waals surface area contributed by atoms with Gasteiger partial charge in [0, 0.05) is 12.6 Å². The van der Waals surface area contributed by atoms with Gasteiger partial charge in [0.15, 0.2) is 0 Å². The quantitative estimate of drug-likeness (QED) is 0.684. The average Bonchev–Trinajstić information content (AvgIpc) is 2.53. The van der Waals surface area contributed by atoms with Crippen molar-refractivity contribution in [2.24, 2.45) is 5.41 Å². The first-order valence-corrected chi connectivity index (χ1v) is 5.10. The van der Waals surface area contributed by atoms with Crippen LogP contribution < -0.4 is 10.6 Å². The minimum absolute atomic E-state index is 0.177. The maximum atomic E-state index is 11.8. The molecule has 0 aromatic heterocycles. The van der Waals surface area contributed by atoms with E-state index in [1.54, 1.807) is 0 Å². The van der Waals surface area contributed by atoms with Gasteiger partial charge in [0.25, 0.3) is 0 Å². The molecule has 2 unspecified atom stereocenters. The van der Waals surface area contributed by atoms with Gasteiger partial charge in [-0.25, -0.2) is 0 Å². The number of carbonyl (C=O) groups is 1. The van der Waals surface area contributed by atoms with Gasteiger partial charge in [-0.15, -0.1) is 0 Å². The maximum absolute atomic E-state index is 11.8. The van der Waals surface area contributed by atoms with E-state index in [2.05, 4.69) is 17.6 Å². The minimum atomic E-state index is -0.177. The van der Waals surface area contributed by atoms with Crippen molar-refractivity contribution in [3.63, 3.8) is 0 Å². The highest BCUT2D eigenvalue weighted by atomic mass is 16.2. The molecule has 1 aliphatic rings. The van der Waals surface area contributed by atoms with Gasteiger partial charge in [-0.3, -0.25) is 4.79 Å². The monoisotopic (exact) mass is 184 g/mol. The standard InChI is InChI=1S/C10H20N2O/c1-4-8(2)12-9(13)10(3)5-6-11-7-10/h8,11H,4-7H2,1-3H3,(H,12,13). The first-order valence-electron chi connectivity index (χ1n) is 5.10. The normalized spacial score (nSPS) is 30.1. The van der Waals surface area contributed by atoms with Crippen LogP contribution in [0.4, 0.5) is 0 Å². The van der Waals surface area contributed by atoms with Gasteiger partial charge in [0.05, 0.1) is 5.41 Å². The van der Waals surface area contributed by atoms with Crippen LogP contribution in [0.25, 0.3) is 0 Å². The fourth-order valence-corrected chi connectivity index (χ4v) is 1.51. The first-order chi connectivity index (χ1) is 6.08. The SMILES string of the molecule is CCC(C)NC(=O)C1(C)CCNC1. The molecule has 13 heavy (non-hydrogen) atoms. The van der Waals surface area contributed by atoms with E-state index in [0.717, 1.165) is 25.9 Å². The lowest BCUT2D eigenvalue weighted by atomic mass is 9.88. The topological polar surface area (TPSA) is 41.1 Å². The molecule has 1 fully saturated rings. The Hall–Kier alpha value is -0.570. The third kappa shape index (κ3) is 2.44. The minimum Gasteiger partial charge on any atom is -0.353 e. The van der Waals surface area contributed by atoms with E-state index < -0.39 is 0 Å². The lowest BCUT2D eigenvalue weighted by molar-refractivity contribution is -0.129. The highest BCUT2D eigenvalue weighted by Crippen LogP contribution is 2.24. The molecule has 0 aromatic rings. The summed E-state index contributed by atoms with van der Waals surface area (Å²) < 4.78 is 0. The Morgan fingerprint density at radius 2 is 2.38 bits per heavy atom. The summed E-state index contributed by atoms with van der Waals surface area (Å²) in [7, 11) is 0. The summed E-state index contributed by atoms with van der Waals surface area (Å²) in [6, 6.07) is 0.296. The van der Waals surface area contributed by atoms with Gasteiger partial charge < -0.3 is 10.6 Å². The highest BCUT2D eigenvalue weighted by Gasteiger charge is 2.36. The smallest absolute Gasteiger partial charge is 0.227 e. The van der Waals surface area contributed by atoms with Gasteiger partial charge in [-0.05, 0) is 33.2 Å². The maximum Gasteiger partial charge on any atom is 0.227 e. The van der Waals surface area contributed by atoms with Crippen molar-refractivity contribution in [2.75, 3.05) is 13.1 Å². The van der Waals surface area contributed by atoms with E-state index in [-0.39, 0.29) is 11.3 Å². The van der Waals surface area contributed by atoms with Crippen LogP contribution in [0.15, 0.2) is 0 Å². The number of nitrogens with one attached hydrogen (secondary N) is 2. The van der Waals surface area contributed by atoms with Crippen molar-refractivity contribution < 1.29 is 4.79 Å². The third-order valence-corrected chi connectivity index (χ3v) is 2.91. The van der Waals surface area contributed by atoms with E-state index >= 15 is 0 Å². The number of rotatable bonds is 3. The summed E-state index contributed by atoms with van der Waals surface area (Å²) in [4.78, 5) is 11.8. The molecule has 2 atom stereocenters. The Morgan fingerprint density at radius 3 is 2.85 bits per heavy atom. The Morgan fingerprint density at radius 1 is 1.69 bits per heavy atom. The molecule has 0 aromatic carbocycles. The zero-order valence-corrected chi connectivity index (χ0v) is 8.81. The van der Waals surface area contributed by atoms with Gasteiger partial charge in [0.1, 0.15) is 0 Å². The van der Waals surface area contributed by atoms with Crippen LogP contribution in [0.3, 0.4) is 0 Å². The van der Waals surface area contributed by atoms with Crippen molar-refractivity contribution in [3.8, 4) is 0 Å². The van der Waals surface area contributed by atoms with Crippen molar-refractivity contribution in [3.05, 3.63) is 0 Å². The van der Waals surface area contributed by atoms with Crippen LogP contribution in [0, 0.1) is 5.41 Å². The van der Waals surface area contributed by atoms with E-state index in [0.29, 0.717) is 6.04 Å². The Labute approximate surface area is 80.3 Å². The van der Waals surface area contributed by atoms with Crippen LogP contribution >= 0.6 is 0 Å². The molecular weight excluding hydrogens is 164 g/mol. The summed E-state index contributed by atoms with van der Waals surface area (Å²) in [5.74, 6) is 0.201. The zero-order chi connectivity index (χ0) is 9.90. The van der Waals surface area contributed by atoms with E-state index in [9.17, 15) is 4.79 Å². The number of carbonyl (C=O) groups excluding carboxylic acids is 1. The molecule has 1 heterocycles. The van der Waals surface area contributed by atoms with Crippen molar-refractivity contribution in [1.29, 1.82) is 0 Å². The molecule has 1 saturated heterocycles. The first kappa shape index (κ1) is 10.5. The van der Waals surface area contributed by atoms with Gasteiger partial charge in [-0.1, -0.05) is 6.92 Å². The molecule has 3 heteroatoms. The molecule has 1 rings (SSSR count). The fraction of sp³-hybridized carbons (Fsp3) is 0.900. The largest absolute Gasteiger partial charge is 0.353 e. The predicted molar refractivity (Wildman–Crippen MR) is 53.5 cm³/mol. The van der Waals surface area contributed by atoms with Gasteiger partial charge >= 0.3 is 0 Å². The molecular formula is C10H20N2O. The molecule has 1 amide bonds. The Bertz CT molecular complexity index is 185. The van der Waals surface area contributed by atoms with E-state index in [4.69, 9.17) is 0 Å². The second-order valence-electron chi connectivity index (χ2n) is 4.27. The zero-order valence-electron chi connectivity index (χ0n) is 8.81. The lowest BCUT2D eigenvalue weighted by Crippen LogP contribution is -2.44. The summed E-state index contributed by atoms with van der Waals surface area (Å²) in [5, 5.41) is 6.26. The summed E-state index contributed by atoms with van der Waals surface area (Å²) >= 11 is 0. The summed E-state index contributed by atoms with van der Waals surface area (Å²) in [6.07, 6.45) is 1.95. The van der Waals surface area contributed by atoms with Crippen molar-refractivity contribution in [1.82, 2.24) is 10.6 Å². The van der Waals surface area contributed by atoms with E-state index in [1.807, 2.05) is 13.8 Å². The van der Waals surface area contributed by atoms with Crippen LogP contribution in [-0.2, 0) is 4.79 Å². The van der Waals surface area contributed by atoms with Gasteiger partial charge in [-0.2, -0.15) is 0 Å². The van der Waals surface area contributed by atoms with Crippen molar-refractivity contribution in [2.45, 2.75) is 39.7 Å².